The Morgan fingerprint density at radius 1 is 0.833 bits per heavy atom. The summed E-state index contributed by atoms with van der Waals surface area (Å²) in [5.41, 5.74) is 5.69. The van der Waals surface area contributed by atoms with Gasteiger partial charge in [-0.3, -0.25) is 4.79 Å². The van der Waals surface area contributed by atoms with E-state index in [1.54, 1.807) is 0 Å². The lowest BCUT2D eigenvalue weighted by Gasteiger charge is -2.10. The van der Waals surface area contributed by atoms with Gasteiger partial charge in [0, 0.05) is 6.42 Å². The van der Waals surface area contributed by atoms with Crippen molar-refractivity contribution in [2.24, 2.45) is 5.73 Å². The van der Waals surface area contributed by atoms with Crippen molar-refractivity contribution in [2.45, 2.75) is 116 Å². The molecule has 0 rings (SSSR count). The van der Waals surface area contributed by atoms with Crippen molar-refractivity contribution in [2.75, 3.05) is 0 Å². The van der Waals surface area contributed by atoms with Crippen LogP contribution in [0.4, 0.5) is 0 Å². The number of hydrogen-bond acceptors (Lipinski definition) is 2. The molecule has 0 aliphatic heterocycles. The zero-order chi connectivity index (χ0) is 17.9. The van der Waals surface area contributed by atoms with Gasteiger partial charge in [-0.15, -0.1) is 0 Å². The van der Waals surface area contributed by atoms with E-state index in [0.29, 0.717) is 6.42 Å². The minimum atomic E-state index is -0.180. The zero-order valence-corrected chi connectivity index (χ0v) is 16.3. The highest BCUT2D eigenvalue weighted by atomic mass is 16.1. The maximum absolute atomic E-state index is 11.5. The molecule has 0 heterocycles. The van der Waals surface area contributed by atoms with Crippen molar-refractivity contribution in [1.29, 1.82) is 0 Å². The maximum Gasteiger partial charge on any atom is 0.221 e. The third-order valence-corrected chi connectivity index (χ3v) is 4.45. The molecule has 1 amide bonds. The first kappa shape index (κ1) is 23.2. The van der Waals surface area contributed by atoms with Crippen LogP contribution in [-0.2, 0) is 4.79 Å². The molecule has 0 saturated carbocycles. The van der Waals surface area contributed by atoms with Gasteiger partial charge in [-0.25, -0.2) is 0 Å². The molecule has 1 atom stereocenters. The molecule has 3 heteroatoms. The van der Waals surface area contributed by atoms with Crippen molar-refractivity contribution < 1.29 is 4.79 Å². The van der Waals surface area contributed by atoms with Crippen molar-refractivity contribution in [3.05, 3.63) is 12.2 Å². The van der Waals surface area contributed by atoms with Crippen LogP contribution in [0, 0.1) is 0 Å². The molecule has 0 saturated heterocycles. The van der Waals surface area contributed by atoms with Crippen molar-refractivity contribution >= 4 is 5.91 Å². The first-order valence-corrected chi connectivity index (χ1v) is 10.4. The van der Waals surface area contributed by atoms with Crippen LogP contribution in [-0.4, -0.2) is 12.1 Å². The predicted octanol–water partition coefficient (Wildman–Crippen LogP) is 5.83. The van der Waals surface area contributed by atoms with Gasteiger partial charge in [0.05, 0.1) is 6.17 Å². The van der Waals surface area contributed by atoms with E-state index in [0.717, 1.165) is 19.3 Å². The first-order valence-electron chi connectivity index (χ1n) is 10.4. The fourth-order valence-electron chi connectivity index (χ4n) is 2.74. The molecule has 1 unspecified atom stereocenters. The number of nitrogens with two attached hydrogens (primary N) is 1. The number of amides is 1. The number of carbonyl (C=O) groups excluding carboxylic acids is 1. The Labute approximate surface area is 150 Å². The molecule has 3 N–H and O–H groups in total. The van der Waals surface area contributed by atoms with Gasteiger partial charge in [0.25, 0.3) is 0 Å². The lowest BCUT2D eigenvalue weighted by molar-refractivity contribution is -0.121. The lowest BCUT2D eigenvalue weighted by Crippen LogP contribution is -2.40. The second-order valence-corrected chi connectivity index (χ2v) is 6.92. The second kappa shape index (κ2) is 18.5. The predicted molar refractivity (Wildman–Crippen MR) is 106 cm³/mol. The summed E-state index contributed by atoms with van der Waals surface area (Å²) in [6.07, 6.45) is 22.6. The normalized spacial score (nSPS) is 12.6. The quantitative estimate of drug-likeness (QED) is 0.199. The molecular weight excluding hydrogens is 296 g/mol. The largest absolute Gasteiger partial charge is 0.341 e. The number of nitrogens with one attached hydrogen (secondary N) is 1. The molecule has 0 aromatic rings. The van der Waals surface area contributed by atoms with Crippen LogP contribution in [0.25, 0.3) is 0 Å². The van der Waals surface area contributed by atoms with Crippen LogP contribution in [0.5, 0.6) is 0 Å². The van der Waals surface area contributed by atoms with Gasteiger partial charge in [0.1, 0.15) is 0 Å². The van der Waals surface area contributed by atoms with Gasteiger partial charge in [0.2, 0.25) is 5.91 Å². The number of hydrogen-bond donors (Lipinski definition) is 2. The summed E-state index contributed by atoms with van der Waals surface area (Å²) < 4.78 is 0. The third kappa shape index (κ3) is 17.5. The van der Waals surface area contributed by atoms with Gasteiger partial charge in [0.15, 0.2) is 0 Å². The van der Waals surface area contributed by atoms with Crippen LogP contribution < -0.4 is 11.1 Å². The lowest BCUT2D eigenvalue weighted by atomic mass is 10.1. The van der Waals surface area contributed by atoms with Gasteiger partial charge in [-0.1, -0.05) is 77.4 Å². The molecule has 0 aromatic heterocycles. The molecule has 142 valence electrons. The molecule has 0 aromatic carbocycles. The molecule has 0 spiro atoms. The Bertz CT molecular complexity index is 302. The fraction of sp³-hybridized carbons (Fsp3) is 0.857. The summed E-state index contributed by atoms with van der Waals surface area (Å²) >= 11 is 0. The van der Waals surface area contributed by atoms with Gasteiger partial charge >= 0.3 is 0 Å². The summed E-state index contributed by atoms with van der Waals surface area (Å²) in [7, 11) is 0. The highest BCUT2D eigenvalue weighted by Gasteiger charge is 2.04. The average Bonchev–Trinajstić information content (AvgIpc) is 2.58. The fourth-order valence-corrected chi connectivity index (χ4v) is 2.74. The Morgan fingerprint density at radius 3 is 1.88 bits per heavy atom. The van der Waals surface area contributed by atoms with E-state index in [-0.39, 0.29) is 12.1 Å². The maximum atomic E-state index is 11.5. The summed E-state index contributed by atoms with van der Waals surface area (Å²) in [5, 5.41) is 2.81. The molecule has 0 bridgehead atoms. The van der Waals surface area contributed by atoms with Crippen molar-refractivity contribution in [3.63, 3.8) is 0 Å². The Kier molecular flexibility index (Phi) is 17.9. The standard InChI is InChI=1S/C21H42N2O/c1-3-5-6-7-8-9-10-11-12-13-14-15-16-17-18-19-21(24)23-20(22)4-2/h11-12,20H,3-10,13-19,22H2,1-2H3,(H,23,24)/b12-11-. The Morgan fingerprint density at radius 2 is 1.33 bits per heavy atom. The van der Waals surface area contributed by atoms with Crippen LogP contribution >= 0.6 is 0 Å². The highest BCUT2D eigenvalue weighted by Crippen LogP contribution is 2.09. The minimum absolute atomic E-state index is 0.0991. The van der Waals surface area contributed by atoms with Crippen molar-refractivity contribution in [1.82, 2.24) is 5.32 Å². The van der Waals surface area contributed by atoms with Gasteiger partial charge in [-0.2, -0.15) is 0 Å². The molecule has 3 nitrogen and oxygen atoms in total. The van der Waals surface area contributed by atoms with E-state index < -0.39 is 0 Å². The SMILES string of the molecule is CCCCCCCC/C=C\CCCCCCCC(=O)NC(N)CC. The topological polar surface area (TPSA) is 55.1 Å². The van der Waals surface area contributed by atoms with E-state index in [1.807, 2.05) is 6.92 Å². The number of allylic oxidation sites excluding steroid dienone is 2. The number of carbonyl (C=O) groups is 1. The van der Waals surface area contributed by atoms with Crippen LogP contribution in [0.15, 0.2) is 12.2 Å². The molecule has 0 aliphatic carbocycles. The molecule has 0 aliphatic rings. The van der Waals surface area contributed by atoms with Gasteiger partial charge in [-0.05, 0) is 38.5 Å². The smallest absolute Gasteiger partial charge is 0.221 e. The number of rotatable bonds is 17. The van der Waals surface area contributed by atoms with E-state index in [9.17, 15) is 4.79 Å². The Hall–Kier alpha value is -0.830. The first-order chi connectivity index (χ1) is 11.7. The molecule has 0 fully saturated rings. The van der Waals surface area contributed by atoms with E-state index in [2.05, 4.69) is 24.4 Å². The van der Waals surface area contributed by atoms with Crippen molar-refractivity contribution in [3.8, 4) is 0 Å². The van der Waals surface area contributed by atoms with Crippen LogP contribution in [0.1, 0.15) is 110 Å². The van der Waals surface area contributed by atoms with Crippen LogP contribution in [0.2, 0.25) is 0 Å². The zero-order valence-electron chi connectivity index (χ0n) is 16.3. The summed E-state index contributed by atoms with van der Waals surface area (Å²) in [5.74, 6) is 0.0991. The number of unbranched alkanes of at least 4 members (excludes halogenated alkanes) is 11. The van der Waals surface area contributed by atoms with Crippen LogP contribution in [0.3, 0.4) is 0 Å². The second-order valence-electron chi connectivity index (χ2n) is 6.92. The van der Waals surface area contributed by atoms with E-state index in [1.165, 1.54) is 70.6 Å². The molecule has 0 radical (unpaired) electrons. The van der Waals surface area contributed by atoms with E-state index >= 15 is 0 Å². The molecule has 24 heavy (non-hydrogen) atoms. The third-order valence-electron chi connectivity index (χ3n) is 4.45. The minimum Gasteiger partial charge on any atom is -0.341 e. The van der Waals surface area contributed by atoms with E-state index in [4.69, 9.17) is 5.73 Å². The monoisotopic (exact) mass is 338 g/mol. The average molecular weight is 339 g/mol. The highest BCUT2D eigenvalue weighted by molar-refractivity contribution is 5.76. The van der Waals surface area contributed by atoms with Gasteiger partial charge < -0.3 is 11.1 Å². The summed E-state index contributed by atoms with van der Waals surface area (Å²) in [6.45, 7) is 4.25. The summed E-state index contributed by atoms with van der Waals surface area (Å²) in [6, 6.07) is 0. The summed E-state index contributed by atoms with van der Waals surface area (Å²) in [4.78, 5) is 11.5. The Balaban J connectivity index is 3.22. The molecular formula is C21H42N2O.